The average molecular weight is 471 g/mol. The van der Waals surface area contributed by atoms with Crippen molar-refractivity contribution in [2.45, 2.75) is 37.9 Å². The van der Waals surface area contributed by atoms with Gasteiger partial charge in [-0.15, -0.1) is 0 Å². The van der Waals surface area contributed by atoms with Crippen LogP contribution < -0.4 is 0 Å². The molecule has 182 valence electrons. The lowest BCUT2D eigenvalue weighted by molar-refractivity contribution is -0.140. The maximum atomic E-state index is 13.4. The third kappa shape index (κ3) is 6.39. The molecule has 1 saturated heterocycles. The Hall–Kier alpha value is -2.30. The Morgan fingerprint density at radius 3 is 2.61 bits per heavy atom. The van der Waals surface area contributed by atoms with E-state index in [9.17, 15) is 22.4 Å². The minimum atomic E-state index is -4.62. The monoisotopic (exact) mass is 470 g/mol. The molecule has 33 heavy (non-hydrogen) atoms. The van der Waals surface area contributed by atoms with Crippen molar-refractivity contribution in [3.63, 3.8) is 0 Å². The van der Waals surface area contributed by atoms with Crippen LogP contribution in [0.1, 0.15) is 51.6 Å². The summed E-state index contributed by atoms with van der Waals surface area (Å²) in [7, 11) is 3.64. The van der Waals surface area contributed by atoms with Crippen LogP contribution in [-0.2, 0) is 23.9 Å². The number of carbonyl (C=O) groups is 1. The molecule has 4 rings (SSSR count). The van der Waals surface area contributed by atoms with Crippen molar-refractivity contribution < 1.29 is 27.1 Å². The number of ether oxygens (including phenoxy) is 1. The zero-order chi connectivity index (χ0) is 24.0. The first kappa shape index (κ1) is 25.3. The molecule has 6 nitrogen and oxygen atoms in total. The number of likely N-dealkylation sites (tertiary alicyclic amines) is 1. The van der Waals surface area contributed by atoms with Crippen molar-refractivity contribution >= 4 is 6.29 Å². The Kier molecular flexibility index (Phi) is 8.61. The largest absolute Gasteiger partial charge is 0.419 e. The van der Waals surface area contributed by atoms with Gasteiger partial charge in [-0.05, 0) is 56.9 Å². The Morgan fingerprint density at radius 2 is 1.97 bits per heavy atom. The molecule has 2 aliphatic rings. The zero-order valence-corrected chi connectivity index (χ0v) is 18.9. The van der Waals surface area contributed by atoms with Gasteiger partial charge >= 0.3 is 6.18 Å². The molecule has 10 heteroatoms. The highest BCUT2D eigenvalue weighted by Gasteiger charge is 2.38. The van der Waals surface area contributed by atoms with E-state index in [1.165, 1.54) is 12.1 Å². The van der Waals surface area contributed by atoms with Crippen molar-refractivity contribution in [3.8, 4) is 0 Å². The zero-order valence-electron chi connectivity index (χ0n) is 18.9. The number of carbonyl (C=O) groups excluding carboxylic acids is 1. The summed E-state index contributed by atoms with van der Waals surface area (Å²) in [4.78, 5) is 15.0. The second-order valence-electron chi connectivity index (χ2n) is 8.48. The van der Waals surface area contributed by atoms with E-state index in [4.69, 9.17) is 4.74 Å². The van der Waals surface area contributed by atoms with Gasteiger partial charge in [-0.2, -0.15) is 18.3 Å². The topological polar surface area (TPSA) is 61.5 Å². The number of nitrogens with zero attached hydrogens (tertiary/aromatic N) is 3. The molecule has 2 aromatic rings. The fourth-order valence-corrected chi connectivity index (χ4v) is 4.41. The van der Waals surface area contributed by atoms with E-state index in [-0.39, 0.29) is 11.5 Å². The summed E-state index contributed by atoms with van der Waals surface area (Å²) in [6, 6.07) is 3.64. The van der Waals surface area contributed by atoms with Crippen LogP contribution in [0.3, 0.4) is 0 Å². The summed E-state index contributed by atoms with van der Waals surface area (Å²) in [5.74, 6) is -1.37. The Morgan fingerprint density at radius 1 is 1.24 bits per heavy atom. The molecule has 1 N–H and O–H groups in total. The number of H-pyrrole nitrogens is 1. The molecule has 0 spiro atoms. The number of alkyl halides is 3. The predicted molar refractivity (Wildman–Crippen MR) is 116 cm³/mol. The van der Waals surface area contributed by atoms with E-state index >= 15 is 0 Å². The van der Waals surface area contributed by atoms with Crippen molar-refractivity contribution in [2.24, 2.45) is 0 Å². The molecule has 0 amide bonds. The fourth-order valence-electron chi connectivity index (χ4n) is 4.41. The minimum Gasteiger partial charge on any atom is -0.383 e. The lowest BCUT2D eigenvalue weighted by atomic mass is 9.86. The Labute approximate surface area is 190 Å². The number of methoxy groups -OCH3 is 1. The van der Waals surface area contributed by atoms with E-state index < -0.39 is 17.6 Å². The van der Waals surface area contributed by atoms with Gasteiger partial charge in [0.05, 0.1) is 17.9 Å². The molecule has 0 radical (unpaired) electrons. The van der Waals surface area contributed by atoms with Crippen LogP contribution in [0, 0.1) is 5.82 Å². The number of aromatic amines is 1. The van der Waals surface area contributed by atoms with E-state index in [0.29, 0.717) is 18.5 Å². The number of fused-ring (bicyclic) bond motifs is 1. The van der Waals surface area contributed by atoms with Gasteiger partial charge in [0.1, 0.15) is 11.5 Å². The van der Waals surface area contributed by atoms with Crippen LogP contribution >= 0.6 is 0 Å². The Balaban J connectivity index is 0.000000189. The molecular formula is C23H30F4N4O2. The molecule has 1 aromatic carbocycles. The van der Waals surface area contributed by atoms with Crippen molar-refractivity contribution in [1.82, 2.24) is 20.0 Å². The minimum absolute atomic E-state index is 0.107. The highest BCUT2D eigenvalue weighted by atomic mass is 19.4. The highest BCUT2D eigenvalue weighted by molar-refractivity contribution is 5.74. The third-order valence-corrected chi connectivity index (χ3v) is 6.26. The fraction of sp³-hybridized carbons (Fsp3) is 0.565. The first-order valence-electron chi connectivity index (χ1n) is 11.0. The highest BCUT2D eigenvalue weighted by Crippen LogP contribution is 2.39. The van der Waals surface area contributed by atoms with Crippen LogP contribution in [-0.4, -0.2) is 73.2 Å². The standard InChI is InChI=1S/C13H15F4N.C10H15N3O2/c1-18-7-5-9(6-8-18)10-3-2-4-11(14)12(10)13(15,16)17;1-15-5-4-13-3-2-8-9(6-13)11-12-10(8)7-14/h2-4,9H,5-8H2,1H3;7H,2-6H2,1H3,(H,11,12). The molecular weight excluding hydrogens is 440 g/mol. The molecule has 3 heterocycles. The van der Waals surface area contributed by atoms with Crippen LogP contribution in [0.25, 0.3) is 0 Å². The van der Waals surface area contributed by atoms with Gasteiger partial charge in [0.15, 0.2) is 6.29 Å². The molecule has 1 aromatic heterocycles. The molecule has 0 bridgehead atoms. The van der Waals surface area contributed by atoms with Gasteiger partial charge < -0.3 is 9.64 Å². The van der Waals surface area contributed by atoms with Crippen molar-refractivity contribution in [2.75, 3.05) is 46.9 Å². The molecule has 1 fully saturated rings. The summed E-state index contributed by atoms with van der Waals surface area (Å²) in [5, 5.41) is 6.90. The van der Waals surface area contributed by atoms with Crippen LogP contribution in [0.2, 0.25) is 0 Å². The number of benzene rings is 1. The summed E-state index contributed by atoms with van der Waals surface area (Å²) >= 11 is 0. The maximum absolute atomic E-state index is 13.4. The molecule has 0 unspecified atom stereocenters. The number of aromatic nitrogens is 2. The predicted octanol–water partition coefficient (Wildman–Crippen LogP) is 3.88. The van der Waals surface area contributed by atoms with Crippen LogP contribution in [0.15, 0.2) is 18.2 Å². The Bertz CT molecular complexity index is 924. The van der Waals surface area contributed by atoms with Gasteiger partial charge in [0, 0.05) is 32.3 Å². The van der Waals surface area contributed by atoms with Gasteiger partial charge in [0.25, 0.3) is 0 Å². The van der Waals surface area contributed by atoms with Crippen LogP contribution in [0.4, 0.5) is 17.6 Å². The number of aldehydes is 1. The lowest BCUT2D eigenvalue weighted by Gasteiger charge is -2.30. The molecule has 2 aliphatic heterocycles. The van der Waals surface area contributed by atoms with E-state index in [0.717, 1.165) is 69.4 Å². The quantitative estimate of drug-likeness (QED) is 0.531. The maximum Gasteiger partial charge on any atom is 0.419 e. The molecule has 0 aliphatic carbocycles. The molecule has 0 atom stereocenters. The summed E-state index contributed by atoms with van der Waals surface area (Å²) in [6.45, 7) is 4.96. The number of hydrogen-bond acceptors (Lipinski definition) is 5. The van der Waals surface area contributed by atoms with Crippen LogP contribution in [0.5, 0.6) is 0 Å². The van der Waals surface area contributed by atoms with E-state index in [2.05, 4.69) is 20.0 Å². The van der Waals surface area contributed by atoms with Crippen molar-refractivity contribution in [1.29, 1.82) is 0 Å². The molecule has 0 saturated carbocycles. The average Bonchev–Trinajstić information content (AvgIpc) is 3.20. The van der Waals surface area contributed by atoms with Gasteiger partial charge in [0.2, 0.25) is 0 Å². The number of halogens is 4. The number of rotatable bonds is 5. The number of piperidine rings is 1. The summed E-state index contributed by atoms with van der Waals surface area (Å²) in [5.41, 5.74) is 1.74. The van der Waals surface area contributed by atoms with Gasteiger partial charge in [-0.1, -0.05) is 12.1 Å². The van der Waals surface area contributed by atoms with E-state index in [1.807, 2.05) is 7.05 Å². The number of nitrogens with one attached hydrogen (secondary N) is 1. The second kappa shape index (κ2) is 11.2. The third-order valence-electron chi connectivity index (χ3n) is 6.26. The SMILES string of the molecule is CN1CCC(c2cccc(F)c2C(F)(F)F)CC1.COCCN1CCc2c(C=O)n[nH]c2C1. The smallest absolute Gasteiger partial charge is 0.383 e. The van der Waals surface area contributed by atoms with E-state index in [1.54, 1.807) is 7.11 Å². The van der Waals surface area contributed by atoms with Crippen molar-refractivity contribution in [3.05, 3.63) is 52.1 Å². The number of hydrogen-bond donors (Lipinski definition) is 1. The van der Waals surface area contributed by atoms with Gasteiger partial charge in [-0.3, -0.25) is 14.8 Å². The first-order chi connectivity index (χ1) is 15.7. The normalized spacial score (nSPS) is 17.9. The first-order valence-corrected chi connectivity index (χ1v) is 11.0. The van der Waals surface area contributed by atoms with Gasteiger partial charge in [-0.25, -0.2) is 4.39 Å². The summed E-state index contributed by atoms with van der Waals surface area (Å²) < 4.78 is 57.2. The lowest BCUT2D eigenvalue weighted by Crippen LogP contribution is -2.33. The second-order valence-corrected chi connectivity index (χ2v) is 8.48. The summed E-state index contributed by atoms with van der Waals surface area (Å²) in [6.07, 6.45) is -1.63.